The van der Waals surface area contributed by atoms with Crippen LogP contribution in [0.5, 0.6) is 0 Å². The van der Waals surface area contributed by atoms with Gasteiger partial charge < -0.3 is 15.3 Å². The van der Waals surface area contributed by atoms with Crippen molar-refractivity contribution in [2.45, 2.75) is 26.0 Å². The summed E-state index contributed by atoms with van der Waals surface area (Å²) >= 11 is 0. The highest BCUT2D eigenvalue weighted by molar-refractivity contribution is 6.05. The molecule has 0 aromatic heterocycles. The van der Waals surface area contributed by atoms with Gasteiger partial charge in [0, 0.05) is 35.6 Å². The summed E-state index contributed by atoms with van der Waals surface area (Å²) in [6.45, 7) is 2.93. The molecule has 0 radical (unpaired) electrons. The van der Waals surface area contributed by atoms with Crippen LogP contribution in [-0.2, 0) is 6.54 Å². The topological polar surface area (TPSA) is 72.9 Å². The van der Waals surface area contributed by atoms with Gasteiger partial charge in [-0.25, -0.2) is 9.18 Å². The van der Waals surface area contributed by atoms with E-state index in [0.717, 1.165) is 6.42 Å². The molecule has 33 heavy (non-hydrogen) atoms. The van der Waals surface area contributed by atoms with Crippen molar-refractivity contribution >= 4 is 23.3 Å². The Morgan fingerprint density at radius 2 is 1.85 bits per heavy atom. The molecule has 1 fully saturated rings. The van der Waals surface area contributed by atoms with E-state index in [9.17, 15) is 19.1 Å². The average Bonchev–Trinajstić information content (AvgIpc) is 2.82. The third-order valence-electron chi connectivity index (χ3n) is 5.68. The predicted molar refractivity (Wildman–Crippen MR) is 126 cm³/mol. The fourth-order valence-electron chi connectivity index (χ4n) is 3.89. The number of hydrogen-bond donors (Lipinski definition) is 2. The number of aliphatic hydroxyl groups is 1. The van der Waals surface area contributed by atoms with Crippen LogP contribution in [0.15, 0.2) is 72.8 Å². The summed E-state index contributed by atoms with van der Waals surface area (Å²) in [6, 6.07) is 20.1. The molecule has 0 unspecified atom stereocenters. The molecule has 4 rings (SSSR count). The number of rotatable bonds is 6. The highest BCUT2D eigenvalue weighted by Crippen LogP contribution is 2.24. The van der Waals surface area contributed by atoms with Crippen LogP contribution in [0.1, 0.15) is 40.9 Å². The summed E-state index contributed by atoms with van der Waals surface area (Å²) in [5, 5.41) is 12.6. The molecule has 6 nitrogen and oxygen atoms in total. The van der Waals surface area contributed by atoms with E-state index in [1.165, 1.54) is 6.07 Å². The Bertz CT molecular complexity index is 1160. The third kappa shape index (κ3) is 5.21. The van der Waals surface area contributed by atoms with E-state index in [1.54, 1.807) is 83.5 Å². The van der Waals surface area contributed by atoms with Crippen LogP contribution in [0.4, 0.5) is 20.6 Å². The van der Waals surface area contributed by atoms with Crippen LogP contribution in [0.2, 0.25) is 0 Å². The molecule has 2 N–H and O–H groups in total. The number of nitrogens with zero attached hydrogens (tertiary/aromatic N) is 2. The van der Waals surface area contributed by atoms with E-state index >= 15 is 0 Å². The number of benzene rings is 3. The molecular formula is C26H26FN3O3. The van der Waals surface area contributed by atoms with Crippen LogP contribution in [-0.4, -0.2) is 35.0 Å². The number of urea groups is 1. The monoisotopic (exact) mass is 447 g/mol. The number of nitrogens with one attached hydrogen (secondary N) is 1. The highest BCUT2D eigenvalue weighted by atomic mass is 19.1. The van der Waals surface area contributed by atoms with Crippen molar-refractivity contribution in [3.8, 4) is 0 Å². The molecule has 1 saturated heterocycles. The first-order valence-corrected chi connectivity index (χ1v) is 10.9. The van der Waals surface area contributed by atoms with E-state index < -0.39 is 6.10 Å². The first kappa shape index (κ1) is 22.5. The number of halogens is 1. The fraction of sp³-hybridized carbons (Fsp3) is 0.231. The SMILES string of the molecule is C[C@H](O)c1cccc(NC(=O)c2cccc(N3CCCN(Cc4ccccc4F)C3=O)c2)c1. The lowest BCUT2D eigenvalue weighted by Crippen LogP contribution is -2.49. The van der Waals surface area contributed by atoms with Crippen molar-refractivity contribution < 1.29 is 19.1 Å². The number of carbonyl (C=O) groups excluding carboxylic acids is 2. The van der Waals surface area contributed by atoms with Crippen molar-refractivity contribution in [1.82, 2.24) is 4.90 Å². The van der Waals surface area contributed by atoms with Crippen molar-refractivity contribution in [3.05, 3.63) is 95.3 Å². The number of amides is 3. The quantitative estimate of drug-likeness (QED) is 0.561. The molecule has 3 amide bonds. The minimum atomic E-state index is -0.636. The van der Waals surface area contributed by atoms with Gasteiger partial charge in [-0.15, -0.1) is 0 Å². The summed E-state index contributed by atoms with van der Waals surface area (Å²) in [5.41, 5.74) is 2.78. The Balaban J connectivity index is 1.49. The summed E-state index contributed by atoms with van der Waals surface area (Å²) in [6.07, 6.45) is 0.102. The molecule has 1 atom stereocenters. The van der Waals surface area contributed by atoms with Gasteiger partial charge in [-0.1, -0.05) is 36.4 Å². The minimum absolute atomic E-state index is 0.196. The highest BCUT2D eigenvalue weighted by Gasteiger charge is 2.27. The third-order valence-corrected chi connectivity index (χ3v) is 5.68. The molecular weight excluding hydrogens is 421 g/mol. The van der Waals surface area contributed by atoms with Gasteiger partial charge in [-0.2, -0.15) is 0 Å². The second-order valence-electron chi connectivity index (χ2n) is 8.11. The van der Waals surface area contributed by atoms with E-state index in [0.29, 0.717) is 41.2 Å². The van der Waals surface area contributed by atoms with Gasteiger partial charge in [-0.3, -0.25) is 9.69 Å². The second-order valence-corrected chi connectivity index (χ2v) is 8.11. The lowest BCUT2D eigenvalue weighted by molar-refractivity contribution is 0.102. The molecule has 7 heteroatoms. The molecule has 0 aliphatic carbocycles. The molecule has 0 spiro atoms. The Morgan fingerprint density at radius 3 is 2.64 bits per heavy atom. The van der Waals surface area contributed by atoms with Gasteiger partial charge >= 0.3 is 6.03 Å². The van der Waals surface area contributed by atoms with Crippen LogP contribution in [0, 0.1) is 5.82 Å². The van der Waals surface area contributed by atoms with Crippen LogP contribution in [0.25, 0.3) is 0 Å². The van der Waals surface area contributed by atoms with E-state index in [-0.39, 0.29) is 24.3 Å². The lowest BCUT2D eigenvalue weighted by Gasteiger charge is -2.36. The summed E-state index contributed by atoms with van der Waals surface area (Å²) < 4.78 is 14.1. The first-order valence-electron chi connectivity index (χ1n) is 10.9. The zero-order valence-corrected chi connectivity index (χ0v) is 18.4. The van der Waals surface area contributed by atoms with Crippen molar-refractivity contribution in [2.75, 3.05) is 23.3 Å². The minimum Gasteiger partial charge on any atom is -0.389 e. The first-order chi connectivity index (χ1) is 15.9. The Morgan fingerprint density at radius 1 is 1.06 bits per heavy atom. The molecule has 3 aromatic rings. The summed E-state index contributed by atoms with van der Waals surface area (Å²) in [4.78, 5) is 29.2. The Kier molecular flexibility index (Phi) is 6.70. The van der Waals surface area contributed by atoms with E-state index in [2.05, 4.69) is 5.32 Å². The maximum atomic E-state index is 14.1. The van der Waals surface area contributed by atoms with Gasteiger partial charge in [0.15, 0.2) is 0 Å². The normalized spacial score (nSPS) is 14.8. The van der Waals surface area contributed by atoms with E-state index in [4.69, 9.17) is 0 Å². The number of anilines is 2. The van der Waals surface area contributed by atoms with Crippen molar-refractivity contribution in [2.24, 2.45) is 0 Å². The summed E-state index contributed by atoms with van der Waals surface area (Å²) in [5.74, 6) is -0.645. The van der Waals surface area contributed by atoms with Crippen LogP contribution >= 0.6 is 0 Å². The van der Waals surface area contributed by atoms with Crippen molar-refractivity contribution in [3.63, 3.8) is 0 Å². The standard InChI is InChI=1S/C26H26FN3O3/c1-18(31)19-8-4-10-22(15-19)28-25(32)20-9-5-11-23(16-20)30-14-6-13-29(26(30)33)17-21-7-2-3-12-24(21)27/h2-5,7-12,15-16,18,31H,6,13-14,17H2,1H3,(H,28,32)/t18-/m0/s1. The Labute approximate surface area is 192 Å². The molecule has 170 valence electrons. The maximum Gasteiger partial charge on any atom is 0.324 e. The average molecular weight is 448 g/mol. The molecule has 3 aromatic carbocycles. The second kappa shape index (κ2) is 9.83. The number of carbonyl (C=O) groups is 2. The van der Waals surface area contributed by atoms with Gasteiger partial charge in [0.05, 0.1) is 12.6 Å². The maximum absolute atomic E-state index is 14.1. The van der Waals surface area contributed by atoms with Gasteiger partial charge in [0.2, 0.25) is 0 Å². The number of hydrogen-bond acceptors (Lipinski definition) is 3. The van der Waals surface area contributed by atoms with Gasteiger partial charge in [0.1, 0.15) is 5.82 Å². The van der Waals surface area contributed by atoms with Crippen molar-refractivity contribution in [1.29, 1.82) is 0 Å². The Hall–Kier alpha value is -3.71. The van der Waals surface area contributed by atoms with Crippen LogP contribution < -0.4 is 10.2 Å². The fourth-order valence-corrected chi connectivity index (χ4v) is 3.89. The molecule has 0 saturated carbocycles. The largest absolute Gasteiger partial charge is 0.389 e. The molecule has 1 heterocycles. The predicted octanol–water partition coefficient (Wildman–Crippen LogP) is 4.96. The lowest BCUT2D eigenvalue weighted by atomic mass is 10.1. The molecule has 0 bridgehead atoms. The number of aliphatic hydroxyl groups excluding tert-OH is 1. The molecule has 1 aliphatic heterocycles. The van der Waals surface area contributed by atoms with E-state index in [1.807, 2.05) is 0 Å². The smallest absolute Gasteiger partial charge is 0.324 e. The van der Waals surface area contributed by atoms with Gasteiger partial charge in [-0.05, 0) is 55.3 Å². The summed E-state index contributed by atoms with van der Waals surface area (Å²) in [7, 11) is 0. The zero-order chi connectivity index (χ0) is 23.4. The van der Waals surface area contributed by atoms with Crippen LogP contribution in [0.3, 0.4) is 0 Å². The van der Waals surface area contributed by atoms with Gasteiger partial charge in [0.25, 0.3) is 5.91 Å². The molecule has 1 aliphatic rings. The zero-order valence-electron chi connectivity index (χ0n) is 18.4.